The monoisotopic (exact) mass is 161 g/mol. The van der Waals surface area contributed by atoms with Crippen LogP contribution in [0.5, 0.6) is 0 Å². The predicted octanol–water partition coefficient (Wildman–Crippen LogP) is 1.52. The van der Waals surface area contributed by atoms with Crippen molar-refractivity contribution in [1.29, 1.82) is 0 Å². The van der Waals surface area contributed by atoms with Crippen LogP contribution in [0.15, 0.2) is 2.87 Å². The molecule has 0 aliphatic heterocycles. The molecule has 0 radical (unpaired) electrons. The van der Waals surface area contributed by atoms with Crippen LogP contribution in [0.3, 0.4) is 0 Å². The van der Waals surface area contributed by atoms with Gasteiger partial charge in [0, 0.05) is 0 Å². The van der Waals surface area contributed by atoms with Crippen molar-refractivity contribution in [2.45, 2.75) is 26.3 Å². The summed E-state index contributed by atoms with van der Waals surface area (Å²) in [6.07, 6.45) is 0. The Morgan fingerprint density at radius 3 is 1.50 bits per heavy atom. The fraction of sp³-hybridized carbons (Fsp3) is 1.00. The summed E-state index contributed by atoms with van der Waals surface area (Å²) in [6.45, 7) is 6.30. The summed E-state index contributed by atoms with van der Waals surface area (Å²) in [5, 5.41) is 0. The third-order valence-electron chi connectivity index (χ3n) is 0.335. The molecular weight excluding hydrogens is 153 g/mol. The Kier molecular flexibility index (Phi) is 2.35. The van der Waals surface area contributed by atoms with Gasteiger partial charge in [-0.2, -0.15) is 0 Å². The Labute approximate surface area is 53.9 Å². The Balaban J connectivity index is 3.45. The van der Waals surface area contributed by atoms with Gasteiger partial charge in [-0.15, -0.1) is 0 Å². The summed E-state index contributed by atoms with van der Waals surface area (Å²) in [7, 11) is 0. The van der Waals surface area contributed by atoms with E-state index < -0.39 is 0 Å². The number of nitrogens with zero attached hydrogens (tertiary/aromatic N) is 1. The summed E-state index contributed by atoms with van der Waals surface area (Å²) in [5.41, 5.74) is 0.207. The van der Waals surface area contributed by atoms with E-state index in [1.807, 2.05) is 0 Å². The zero-order chi connectivity index (χ0) is 5.21. The van der Waals surface area contributed by atoms with Gasteiger partial charge in [-0.05, 0) is 0 Å². The molecule has 0 aromatic carbocycles. The Morgan fingerprint density at radius 2 is 1.50 bits per heavy atom. The molecule has 0 aliphatic carbocycles. The van der Waals surface area contributed by atoms with Crippen molar-refractivity contribution in [3.05, 3.63) is 0 Å². The standard InChI is InChI=1S/C4H9N.Zr/c1-4(2,3)5;/h1-3H3;/q;+2. The van der Waals surface area contributed by atoms with Crippen molar-refractivity contribution in [2.75, 3.05) is 0 Å². The van der Waals surface area contributed by atoms with Crippen LogP contribution in [0.1, 0.15) is 20.8 Å². The Morgan fingerprint density at radius 1 is 1.33 bits per heavy atom. The molecule has 0 amide bonds. The van der Waals surface area contributed by atoms with Crippen molar-refractivity contribution >= 4 is 0 Å². The van der Waals surface area contributed by atoms with Gasteiger partial charge in [0.25, 0.3) is 0 Å². The van der Waals surface area contributed by atoms with Gasteiger partial charge in [-0.3, -0.25) is 0 Å². The zero-order valence-electron chi connectivity index (χ0n) is 4.45. The molecule has 0 atom stereocenters. The second kappa shape index (κ2) is 2.11. The number of rotatable bonds is 0. The van der Waals surface area contributed by atoms with E-state index in [1.165, 1.54) is 24.6 Å². The molecule has 0 saturated carbocycles. The van der Waals surface area contributed by atoms with Crippen LogP contribution in [0.2, 0.25) is 0 Å². The Hall–Kier alpha value is 0.683. The van der Waals surface area contributed by atoms with E-state index in [1.54, 1.807) is 0 Å². The van der Waals surface area contributed by atoms with E-state index in [0.717, 1.165) is 0 Å². The van der Waals surface area contributed by atoms with Crippen molar-refractivity contribution in [1.82, 2.24) is 0 Å². The van der Waals surface area contributed by atoms with E-state index >= 15 is 0 Å². The molecule has 0 N–H and O–H groups in total. The first kappa shape index (κ1) is 6.68. The van der Waals surface area contributed by atoms with Crippen molar-refractivity contribution in [3.8, 4) is 0 Å². The molecule has 0 fully saturated rings. The summed E-state index contributed by atoms with van der Waals surface area (Å²) in [6, 6.07) is 0. The molecule has 0 heterocycles. The van der Waals surface area contributed by atoms with E-state index in [2.05, 4.69) is 23.6 Å². The maximum atomic E-state index is 4.11. The molecule has 0 aliphatic rings. The molecule has 0 unspecified atom stereocenters. The summed E-state index contributed by atoms with van der Waals surface area (Å²) in [5.74, 6) is 0. The normalized spacial score (nSPS) is 11.5. The van der Waals surface area contributed by atoms with Gasteiger partial charge in [0.1, 0.15) is 0 Å². The first-order valence-corrected chi connectivity index (χ1v) is 3.05. The van der Waals surface area contributed by atoms with Crippen molar-refractivity contribution < 1.29 is 24.6 Å². The predicted molar refractivity (Wildman–Crippen MR) is 22.2 cm³/mol. The third kappa shape index (κ3) is 4.68. The zero-order valence-corrected chi connectivity index (χ0v) is 6.91. The van der Waals surface area contributed by atoms with E-state index in [0.29, 0.717) is 0 Å². The van der Waals surface area contributed by atoms with Crippen LogP contribution in [-0.4, -0.2) is 5.54 Å². The maximum absolute atomic E-state index is 4.11. The van der Waals surface area contributed by atoms with Gasteiger partial charge in [-0.25, -0.2) is 0 Å². The molecule has 0 bridgehead atoms. The van der Waals surface area contributed by atoms with Crippen LogP contribution >= 0.6 is 0 Å². The van der Waals surface area contributed by atoms with Crippen LogP contribution in [0.4, 0.5) is 0 Å². The molecule has 0 aromatic heterocycles. The topological polar surface area (TPSA) is 12.4 Å². The SMILES string of the molecule is CC(C)(C)[N]=[Zr+2]. The molecule has 1 nitrogen and oxygen atoms in total. The minimum atomic E-state index is 0.207. The van der Waals surface area contributed by atoms with Crippen LogP contribution in [0, 0.1) is 0 Å². The minimum absolute atomic E-state index is 0.207. The van der Waals surface area contributed by atoms with Gasteiger partial charge in [0.05, 0.1) is 0 Å². The van der Waals surface area contributed by atoms with Gasteiger partial charge >= 0.3 is 53.7 Å². The van der Waals surface area contributed by atoms with Gasteiger partial charge in [0.15, 0.2) is 0 Å². The molecular formula is C4H9NZr+2. The molecule has 0 saturated heterocycles. The molecule has 0 aromatic rings. The summed E-state index contributed by atoms with van der Waals surface area (Å²) in [4.78, 5) is 0. The molecule has 0 spiro atoms. The fourth-order valence-electron chi connectivity index (χ4n) is 0. The molecule has 2 heteroatoms. The summed E-state index contributed by atoms with van der Waals surface area (Å²) < 4.78 is 4.11. The first-order valence-electron chi connectivity index (χ1n) is 1.95. The third-order valence-corrected chi connectivity index (χ3v) is 1.98. The first-order chi connectivity index (χ1) is 2.56. The van der Waals surface area contributed by atoms with Crippen molar-refractivity contribution in [3.63, 3.8) is 0 Å². The summed E-state index contributed by atoms with van der Waals surface area (Å²) >= 11 is 1.28. The van der Waals surface area contributed by atoms with Crippen LogP contribution in [-0.2, 0) is 24.6 Å². The van der Waals surface area contributed by atoms with Crippen molar-refractivity contribution in [2.24, 2.45) is 2.87 Å². The number of hydrogen-bond donors (Lipinski definition) is 0. The van der Waals surface area contributed by atoms with Gasteiger partial charge < -0.3 is 0 Å². The van der Waals surface area contributed by atoms with E-state index in [9.17, 15) is 0 Å². The molecule has 6 heavy (non-hydrogen) atoms. The second-order valence-corrected chi connectivity index (χ2v) is 2.83. The Bertz CT molecular complexity index is 53.1. The van der Waals surface area contributed by atoms with E-state index in [4.69, 9.17) is 0 Å². The molecule has 32 valence electrons. The van der Waals surface area contributed by atoms with Crippen LogP contribution in [0.25, 0.3) is 0 Å². The number of hydrogen-bond acceptors (Lipinski definition) is 1. The van der Waals surface area contributed by atoms with Gasteiger partial charge in [0.2, 0.25) is 0 Å². The van der Waals surface area contributed by atoms with E-state index in [-0.39, 0.29) is 5.54 Å². The fourth-order valence-corrected chi connectivity index (χ4v) is 0. The average Bonchev–Trinajstić information content (AvgIpc) is 1.35. The average molecular weight is 162 g/mol. The second-order valence-electron chi connectivity index (χ2n) is 2.28. The quantitative estimate of drug-likeness (QED) is 0.512. The molecule has 0 rings (SSSR count). The van der Waals surface area contributed by atoms with Gasteiger partial charge in [-0.1, -0.05) is 0 Å². The van der Waals surface area contributed by atoms with Crippen LogP contribution < -0.4 is 0 Å².